The average molecular weight is 308 g/mol. The monoisotopic (exact) mass is 307 g/mol. The zero-order valence-electron chi connectivity index (χ0n) is 12.8. The minimum absolute atomic E-state index is 0.608. The van der Waals surface area contributed by atoms with E-state index in [0.717, 1.165) is 29.4 Å². The van der Waals surface area contributed by atoms with Crippen LogP contribution in [0.1, 0.15) is 25.1 Å². The lowest BCUT2D eigenvalue weighted by molar-refractivity contribution is 0.535. The van der Waals surface area contributed by atoms with Crippen molar-refractivity contribution >= 4 is 17.6 Å². The van der Waals surface area contributed by atoms with Crippen LogP contribution in [0, 0.1) is 5.92 Å². The Morgan fingerprint density at radius 1 is 1.33 bits per heavy atom. The molecule has 0 radical (unpaired) electrons. The second-order valence-electron chi connectivity index (χ2n) is 5.59. The van der Waals surface area contributed by atoms with Crippen molar-refractivity contribution in [3.05, 3.63) is 46.8 Å². The fourth-order valence-electron chi connectivity index (χ4n) is 1.99. The van der Waals surface area contributed by atoms with Crippen LogP contribution in [-0.4, -0.2) is 18.6 Å². The summed E-state index contributed by atoms with van der Waals surface area (Å²) in [5.41, 5.74) is 1.97. The van der Waals surface area contributed by atoms with Crippen LogP contribution in [-0.2, 0) is 13.1 Å². The Morgan fingerprint density at radius 2 is 2.10 bits per heavy atom. The summed E-state index contributed by atoms with van der Waals surface area (Å²) >= 11 is 6.17. The molecule has 1 aromatic heterocycles. The van der Waals surface area contributed by atoms with Crippen molar-refractivity contribution in [3.8, 4) is 0 Å². The Kier molecular flexibility index (Phi) is 5.65. The number of aromatic nitrogens is 1. The van der Waals surface area contributed by atoms with Gasteiger partial charge in [0, 0.05) is 25.2 Å². The summed E-state index contributed by atoms with van der Waals surface area (Å²) in [4.78, 5) is 6.44. The molecule has 0 aliphatic rings. The highest BCUT2D eigenvalue weighted by Crippen LogP contribution is 2.20. The van der Waals surface area contributed by atoms with Gasteiger partial charge in [0.15, 0.2) is 0 Å². The number of nitrogens with one attached hydrogen (secondary N) is 1. The highest BCUT2D eigenvalue weighted by Gasteiger charge is 2.11. The Labute approximate surface area is 131 Å². The molecule has 1 heterocycles. The van der Waals surface area contributed by atoms with Crippen molar-refractivity contribution < 1.29 is 4.42 Å². The van der Waals surface area contributed by atoms with Crippen LogP contribution in [0.4, 0.5) is 6.01 Å². The van der Waals surface area contributed by atoms with Gasteiger partial charge in [0.05, 0.1) is 5.69 Å². The van der Waals surface area contributed by atoms with E-state index in [2.05, 4.69) is 24.1 Å². The summed E-state index contributed by atoms with van der Waals surface area (Å²) in [6.07, 6.45) is 1.70. The first-order chi connectivity index (χ1) is 10.1. The second kappa shape index (κ2) is 7.48. The molecular weight excluding hydrogens is 286 g/mol. The quantitative estimate of drug-likeness (QED) is 0.846. The van der Waals surface area contributed by atoms with Gasteiger partial charge >= 0.3 is 0 Å². The lowest BCUT2D eigenvalue weighted by Gasteiger charge is -2.15. The maximum absolute atomic E-state index is 6.17. The maximum atomic E-state index is 6.17. The first-order valence-corrected chi connectivity index (χ1v) is 7.53. The molecule has 114 valence electrons. The van der Waals surface area contributed by atoms with E-state index in [1.807, 2.05) is 36.2 Å². The van der Waals surface area contributed by atoms with Gasteiger partial charge in [0.25, 0.3) is 6.01 Å². The van der Waals surface area contributed by atoms with Crippen molar-refractivity contribution in [1.82, 2.24) is 10.3 Å². The average Bonchev–Trinajstić information content (AvgIpc) is 2.90. The molecule has 1 N–H and O–H groups in total. The summed E-state index contributed by atoms with van der Waals surface area (Å²) in [7, 11) is 1.94. The van der Waals surface area contributed by atoms with Gasteiger partial charge in [-0.1, -0.05) is 43.6 Å². The summed E-state index contributed by atoms with van der Waals surface area (Å²) in [6.45, 7) is 6.72. The number of oxazole rings is 1. The van der Waals surface area contributed by atoms with Crippen molar-refractivity contribution in [2.75, 3.05) is 18.5 Å². The third-order valence-electron chi connectivity index (χ3n) is 3.09. The number of anilines is 1. The smallest absolute Gasteiger partial charge is 0.297 e. The molecule has 21 heavy (non-hydrogen) atoms. The fraction of sp³-hybridized carbons (Fsp3) is 0.438. The van der Waals surface area contributed by atoms with Crippen LogP contribution in [0.15, 0.2) is 34.9 Å². The number of halogens is 1. The lowest BCUT2D eigenvalue weighted by atomic mass is 10.2. The molecule has 0 spiro atoms. The van der Waals surface area contributed by atoms with Crippen molar-refractivity contribution in [1.29, 1.82) is 0 Å². The first kappa shape index (κ1) is 15.9. The van der Waals surface area contributed by atoms with Crippen LogP contribution in [0.3, 0.4) is 0 Å². The van der Waals surface area contributed by atoms with Crippen molar-refractivity contribution in [2.24, 2.45) is 5.92 Å². The van der Waals surface area contributed by atoms with Crippen molar-refractivity contribution in [3.63, 3.8) is 0 Å². The topological polar surface area (TPSA) is 41.3 Å². The van der Waals surface area contributed by atoms with E-state index in [9.17, 15) is 0 Å². The Hall–Kier alpha value is -1.52. The number of nitrogens with zero attached hydrogens (tertiary/aromatic N) is 2. The molecule has 0 amide bonds. The molecular formula is C16H22ClN3O. The number of hydrogen-bond donors (Lipinski definition) is 1. The van der Waals surface area contributed by atoms with Crippen LogP contribution < -0.4 is 10.2 Å². The van der Waals surface area contributed by atoms with Gasteiger partial charge in [-0.2, -0.15) is 4.98 Å². The number of hydrogen-bond acceptors (Lipinski definition) is 4. The molecule has 0 bridgehead atoms. The summed E-state index contributed by atoms with van der Waals surface area (Å²) in [5.74, 6) is 0.624. The molecule has 2 rings (SSSR count). The molecule has 0 atom stereocenters. The molecule has 0 saturated heterocycles. The van der Waals surface area contributed by atoms with Gasteiger partial charge < -0.3 is 14.6 Å². The van der Waals surface area contributed by atoms with E-state index in [-0.39, 0.29) is 0 Å². The van der Waals surface area contributed by atoms with E-state index in [1.165, 1.54) is 0 Å². The van der Waals surface area contributed by atoms with E-state index in [0.29, 0.717) is 18.5 Å². The minimum atomic E-state index is 0.608. The van der Waals surface area contributed by atoms with Gasteiger partial charge in [-0.15, -0.1) is 0 Å². The minimum Gasteiger partial charge on any atom is -0.432 e. The Balaban J connectivity index is 1.93. The highest BCUT2D eigenvalue weighted by molar-refractivity contribution is 6.31. The summed E-state index contributed by atoms with van der Waals surface area (Å²) < 4.78 is 5.53. The van der Waals surface area contributed by atoms with E-state index < -0.39 is 0 Å². The van der Waals surface area contributed by atoms with Crippen LogP contribution in [0.5, 0.6) is 0 Å². The second-order valence-corrected chi connectivity index (χ2v) is 6.00. The summed E-state index contributed by atoms with van der Waals surface area (Å²) in [6, 6.07) is 8.41. The van der Waals surface area contributed by atoms with E-state index in [4.69, 9.17) is 16.0 Å². The molecule has 0 saturated carbocycles. The fourth-order valence-corrected chi connectivity index (χ4v) is 2.19. The van der Waals surface area contributed by atoms with Gasteiger partial charge in [-0.05, 0) is 24.1 Å². The zero-order chi connectivity index (χ0) is 15.2. The van der Waals surface area contributed by atoms with Gasteiger partial charge in [-0.25, -0.2) is 0 Å². The normalized spacial score (nSPS) is 11.1. The predicted octanol–water partition coefficient (Wildman–Crippen LogP) is 3.71. The van der Waals surface area contributed by atoms with Gasteiger partial charge in [-0.3, -0.25) is 0 Å². The predicted molar refractivity (Wildman–Crippen MR) is 86.6 cm³/mol. The molecule has 0 aliphatic heterocycles. The van der Waals surface area contributed by atoms with E-state index >= 15 is 0 Å². The van der Waals surface area contributed by atoms with Crippen LogP contribution in [0.2, 0.25) is 5.02 Å². The van der Waals surface area contributed by atoms with Crippen LogP contribution in [0.25, 0.3) is 0 Å². The van der Waals surface area contributed by atoms with Gasteiger partial charge in [0.2, 0.25) is 0 Å². The SMILES string of the molecule is CC(C)CNCc1coc(N(C)Cc2ccccc2Cl)n1. The van der Waals surface area contributed by atoms with Gasteiger partial charge in [0.1, 0.15) is 6.26 Å². The number of rotatable bonds is 7. The molecule has 4 nitrogen and oxygen atoms in total. The zero-order valence-corrected chi connectivity index (χ0v) is 13.5. The third-order valence-corrected chi connectivity index (χ3v) is 3.46. The Bertz CT molecular complexity index is 568. The van der Waals surface area contributed by atoms with Crippen LogP contribution >= 0.6 is 11.6 Å². The maximum Gasteiger partial charge on any atom is 0.297 e. The molecule has 0 unspecified atom stereocenters. The molecule has 0 aliphatic carbocycles. The summed E-state index contributed by atoms with van der Waals surface area (Å²) in [5, 5.41) is 4.11. The largest absolute Gasteiger partial charge is 0.432 e. The molecule has 0 fully saturated rings. The first-order valence-electron chi connectivity index (χ1n) is 7.16. The van der Waals surface area contributed by atoms with E-state index in [1.54, 1.807) is 6.26 Å². The molecule has 1 aromatic carbocycles. The highest BCUT2D eigenvalue weighted by atomic mass is 35.5. The Morgan fingerprint density at radius 3 is 2.81 bits per heavy atom. The standard InChI is InChI=1S/C16H22ClN3O/c1-12(2)8-18-9-14-11-21-16(19-14)20(3)10-13-6-4-5-7-15(13)17/h4-7,11-12,18H,8-10H2,1-3H3. The molecule has 2 aromatic rings. The number of benzene rings is 1. The van der Waals surface area contributed by atoms with Crippen molar-refractivity contribution in [2.45, 2.75) is 26.9 Å². The lowest BCUT2D eigenvalue weighted by Crippen LogP contribution is -2.20. The third kappa shape index (κ3) is 4.76. The molecule has 5 heteroatoms.